The summed E-state index contributed by atoms with van der Waals surface area (Å²) in [5.41, 5.74) is 1.91. The molecule has 2 aromatic rings. The Labute approximate surface area is 147 Å². The maximum absolute atomic E-state index is 12.4. The summed E-state index contributed by atoms with van der Waals surface area (Å²) < 4.78 is 0. The fraction of sp³-hybridized carbons (Fsp3) is 0.444. The molecule has 0 aliphatic rings. The molecule has 130 valence electrons. The standard InChI is InChI=1S/C18H25N3O2S/c1-18(2,3)16-20-15(13-24-16)11-19-17(23)21(9-10-22)12-14-7-5-4-6-8-14/h4-8,13,22H,9-12H2,1-3H3,(H,19,23). The molecule has 6 heteroatoms. The molecule has 1 aromatic heterocycles. The number of aliphatic hydroxyl groups is 1. The van der Waals surface area contributed by atoms with Gasteiger partial charge < -0.3 is 15.3 Å². The van der Waals surface area contributed by atoms with Gasteiger partial charge in [-0.2, -0.15) is 0 Å². The zero-order valence-corrected chi connectivity index (χ0v) is 15.3. The van der Waals surface area contributed by atoms with E-state index in [0.29, 0.717) is 19.6 Å². The van der Waals surface area contributed by atoms with Crippen LogP contribution in [0.5, 0.6) is 0 Å². The second-order valence-electron chi connectivity index (χ2n) is 6.68. The van der Waals surface area contributed by atoms with E-state index in [1.165, 1.54) is 0 Å². The van der Waals surface area contributed by atoms with Gasteiger partial charge in [-0.1, -0.05) is 51.1 Å². The van der Waals surface area contributed by atoms with Gasteiger partial charge in [-0.25, -0.2) is 9.78 Å². The quantitative estimate of drug-likeness (QED) is 0.844. The normalized spacial score (nSPS) is 11.3. The van der Waals surface area contributed by atoms with Gasteiger partial charge in [0.2, 0.25) is 0 Å². The molecule has 0 bridgehead atoms. The Morgan fingerprint density at radius 1 is 1.29 bits per heavy atom. The molecule has 1 aromatic carbocycles. The second kappa shape index (κ2) is 8.26. The van der Waals surface area contributed by atoms with Crippen molar-refractivity contribution in [2.24, 2.45) is 0 Å². The fourth-order valence-electron chi connectivity index (χ4n) is 2.19. The molecule has 0 spiro atoms. The van der Waals surface area contributed by atoms with Crippen molar-refractivity contribution in [1.29, 1.82) is 0 Å². The number of thiazole rings is 1. The number of hydrogen-bond donors (Lipinski definition) is 2. The number of hydrogen-bond acceptors (Lipinski definition) is 4. The number of carbonyl (C=O) groups excluding carboxylic acids is 1. The first-order chi connectivity index (χ1) is 11.4. The van der Waals surface area contributed by atoms with Crippen molar-refractivity contribution in [3.8, 4) is 0 Å². The lowest BCUT2D eigenvalue weighted by molar-refractivity contribution is 0.173. The van der Waals surface area contributed by atoms with Gasteiger partial charge in [0.1, 0.15) is 0 Å². The number of aliphatic hydroxyl groups excluding tert-OH is 1. The Morgan fingerprint density at radius 3 is 2.58 bits per heavy atom. The summed E-state index contributed by atoms with van der Waals surface area (Å²) in [6.45, 7) is 7.46. The first kappa shape index (κ1) is 18.4. The summed E-state index contributed by atoms with van der Waals surface area (Å²) in [6, 6.07) is 9.55. The van der Waals surface area contributed by atoms with Crippen LogP contribution in [0.3, 0.4) is 0 Å². The van der Waals surface area contributed by atoms with Gasteiger partial charge in [0, 0.05) is 23.9 Å². The number of benzene rings is 1. The van der Waals surface area contributed by atoms with Crippen molar-refractivity contribution >= 4 is 17.4 Å². The largest absolute Gasteiger partial charge is 0.395 e. The molecule has 0 saturated heterocycles. The maximum Gasteiger partial charge on any atom is 0.318 e. The van der Waals surface area contributed by atoms with Crippen LogP contribution in [-0.2, 0) is 18.5 Å². The highest BCUT2D eigenvalue weighted by atomic mass is 32.1. The van der Waals surface area contributed by atoms with Crippen LogP contribution in [-0.4, -0.2) is 34.2 Å². The average Bonchev–Trinajstić information content (AvgIpc) is 3.02. The van der Waals surface area contributed by atoms with E-state index < -0.39 is 0 Å². The number of amides is 2. The molecule has 5 nitrogen and oxygen atoms in total. The van der Waals surface area contributed by atoms with E-state index in [9.17, 15) is 9.90 Å². The number of rotatable bonds is 6. The highest BCUT2D eigenvalue weighted by Gasteiger charge is 2.19. The van der Waals surface area contributed by atoms with Crippen LogP contribution < -0.4 is 5.32 Å². The van der Waals surface area contributed by atoms with Gasteiger partial charge in [-0.3, -0.25) is 0 Å². The molecule has 2 amide bonds. The van der Waals surface area contributed by atoms with Crippen LogP contribution in [0.1, 0.15) is 37.0 Å². The molecular weight excluding hydrogens is 322 g/mol. The highest BCUT2D eigenvalue weighted by Crippen LogP contribution is 2.25. The Bertz CT molecular complexity index is 650. The molecule has 0 aliphatic carbocycles. The number of urea groups is 1. The van der Waals surface area contributed by atoms with Crippen LogP contribution in [0.25, 0.3) is 0 Å². The van der Waals surface area contributed by atoms with Gasteiger partial charge in [0.05, 0.1) is 23.9 Å². The van der Waals surface area contributed by atoms with E-state index in [0.717, 1.165) is 16.3 Å². The summed E-state index contributed by atoms with van der Waals surface area (Å²) in [5.74, 6) is 0. The van der Waals surface area contributed by atoms with Crippen molar-refractivity contribution in [2.45, 2.75) is 39.3 Å². The van der Waals surface area contributed by atoms with E-state index in [1.54, 1.807) is 16.2 Å². The van der Waals surface area contributed by atoms with Crippen LogP contribution in [0.2, 0.25) is 0 Å². The molecule has 2 N–H and O–H groups in total. The van der Waals surface area contributed by atoms with E-state index in [2.05, 4.69) is 31.1 Å². The molecule has 0 atom stereocenters. The second-order valence-corrected chi connectivity index (χ2v) is 7.54. The summed E-state index contributed by atoms with van der Waals surface area (Å²) >= 11 is 1.61. The molecule has 24 heavy (non-hydrogen) atoms. The SMILES string of the molecule is CC(C)(C)c1nc(CNC(=O)N(CCO)Cc2ccccc2)cs1. The predicted octanol–water partition coefficient (Wildman–Crippen LogP) is 3.14. The van der Waals surface area contributed by atoms with Crippen LogP contribution >= 0.6 is 11.3 Å². The lowest BCUT2D eigenvalue weighted by atomic mass is 9.98. The molecule has 0 radical (unpaired) electrons. The lowest BCUT2D eigenvalue weighted by Gasteiger charge is -2.22. The monoisotopic (exact) mass is 347 g/mol. The first-order valence-electron chi connectivity index (χ1n) is 8.02. The third-order valence-electron chi connectivity index (χ3n) is 3.49. The minimum absolute atomic E-state index is 0.0170. The third-order valence-corrected chi connectivity index (χ3v) is 4.80. The predicted molar refractivity (Wildman–Crippen MR) is 97.0 cm³/mol. The van der Waals surface area contributed by atoms with Crippen LogP contribution in [0.4, 0.5) is 4.79 Å². The number of carbonyl (C=O) groups is 1. The zero-order valence-electron chi connectivity index (χ0n) is 14.5. The van der Waals surface area contributed by atoms with Crippen molar-refractivity contribution in [1.82, 2.24) is 15.2 Å². The van der Waals surface area contributed by atoms with E-state index >= 15 is 0 Å². The van der Waals surface area contributed by atoms with Crippen LogP contribution in [0.15, 0.2) is 35.7 Å². The van der Waals surface area contributed by atoms with Crippen LogP contribution in [0, 0.1) is 0 Å². The summed E-state index contributed by atoms with van der Waals surface area (Å²) in [6.07, 6.45) is 0. The van der Waals surface area contributed by atoms with E-state index in [1.807, 2.05) is 35.7 Å². The van der Waals surface area contributed by atoms with Crippen molar-refractivity contribution in [2.75, 3.05) is 13.2 Å². The van der Waals surface area contributed by atoms with Gasteiger partial charge in [-0.05, 0) is 5.56 Å². The minimum Gasteiger partial charge on any atom is -0.395 e. The minimum atomic E-state index is -0.196. The fourth-order valence-corrected chi connectivity index (χ4v) is 3.09. The lowest BCUT2D eigenvalue weighted by Crippen LogP contribution is -2.40. The van der Waals surface area contributed by atoms with Crippen molar-refractivity contribution in [3.63, 3.8) is 0 Å². The first-order valence-corrected chi connectivity index (χ1v) is 8.90. The maximum atomic E-state index is 12.4. The topological polar surface area (TPSA) is 65.5 Å². The Hall–Kier alpha value is -1.92. The van der Waals surface area contributed by atoms with E-state index in [4.69, 9.17) is 0 Å². The number of nitrogens with zero attached hydrogens (tertiary/aromatic N) is 2. The Morgan fingerprint density at radius 2 is 2.00 bits per heavy atom. The van der Waals surface area contributed by atoms with Gasteiger partial charge in [0.15, 0.2) is 0 Å². The molecule has 0 saturated carbocycles. The average molecular weight is 347 g/mol. The molecule has 0 unspecified atom stereocenters. The van der Waals surface area contributed by atoms with Gasteiger partial charge >= 0.3 is 6.03 Å². The number of aromatic nitrogens is 1. The third kappa shape index (κ3) is 5.32. The van der Waals surface area contributed by atoms with E-state index in [-0.39, 0.29) is 18.1 Å². The molecule has 1 heterocycles. The summed E-state index contributed by atoms with van der Waals surface area (Å²) in [7, 11) is 0. The summed E-state index contributed by atoms with van der Waals surface area (Å²) in [5, 5.41) is 15.1. The Kier molecular flexibility index (Phi) is 6.34. The molecular formula is C18H25N3O2S. The van der Waals surface area contributed by atoms with Gasteiger partial charge in [-0.15, -0.1) is 11.3 Å². The molecule has 0 aliphatic heterocycles. The highest BCUT2D eigenvalue weighted by molar-refractivity contribution is 7.09. The van der Waals surface area contributed by atoms with Crippen molar-refractivity contribution in [3.05, 3.63) is 52.0 Å². The molecule has 0 fully saturated rings. The van der Waals surface area contributed by atoms with Crippen molar-refractivity contribution < 1.29 is 9.90 Å². The summed E-state index contributed by atoms with van der Waals surface area (Å²) in [4.78, 5) is 18.6. The number of nitrogens with one attached hydrogen (secondary N) is 1. The smallest absolute Gasteiger partial charge is 0.318 e. The zero-order chi connectivity index (χ0) is 17.6. The molecule has 2 rings (SSSR count). The van der Waals surface area contributed by atoms with Gasteiger partial charge in [0.25, 0.3) is 0 Å². The Balaban J connectivity index is 1.94.